The van der Waals surface area contributed by atoms with Gasteiger partial charge in [-0.25, -0.2) is 9.97 Å². The molecule has 3 aromatic heterocycles. The van der Waals surface area contributed by atoms with Gasteiger partial charge in [-0.3, -0.25) is 4.98 Å². The van der Waals surface area contributed by atoms with Crippen LogP contribution >= 0.6 is 11.3 Å². The minimum atomic E-state index is 0.624. The van der Waals surface area contributed by atoms with Crippen LogP contribution in [0.4, 0.5) is 5.82 Å². The SMILES string of the molecule is Cc1nc(N(C)CCc2ccncc2)c2c(CC(C)C)csc2n1. The summed E-state index contributed by atoms with van der Waals surface area (Å²) in [5.74, 6) is 2.52. The fraction of sp³-hybridized carbons (Fsp3) is 0.421. The minimum Gasteiger partial charge on any atom is -0.359 e. The second-order valence-corrected chi connectivity index (χ2v) is 7.52. The van der Waals surface area contributed by atoms with Crippen LogP contribution in [0, 0.1) is 12.8 Å². The quantitative estimate of drug-likeness (QED) is 0.672. The molecule has 0 aliphatic carbocycles. The molecule has 0 bridgehead atoms. The summed E-state index contributed by atoms with van der Waals surface area (Å²) < 4.78 is 0. The van der Waals surface area contributed by atoms with Gasteiger partial charge in [-0.2, -0.15) is 0 Å². The first-order chi connectivity index (χ1) is 11.5. The van der Waals surface area contributed by atoms with Gasteiger partial charge in [0.15, 0.2) is 0 Å². The van der Waals surface area contributed by atoms with Crippen molar-refractivity contribution < 1.29 is 0 Å². The predicted octanol–water partition coefficient (Wildman–Crippen LogP) is 4.27. The zero-order valence-corrected chi connectivity index (χ0v) is 15.6. The van der Waals surface area contributed by atoms with Gasteiger partial charge in [-0.1, -0.05) is 13.8 Å². The number of likely N-dealkylation sites (N-methyl/N-ethyl adjacent to an activating group) is 1. The largest absolute Gasteiger partial charge is 0.359 e. The molecule has 0 N–H and O–H groups in total. The Morgan fingerprint density at radius 3 is 2.62 bits per heavy atom. The molecule has 0 aromatic carbocycles. The van der Waals surface area contributed by atoms with Gasteiger partial charge in [0.05, 0.1) is 5.39 Å². The zero-order chi connectivity index (χ0) is 17.1. The molecular formula is C19H24N4S. The second-order valence-electron chi connectivity index (χ2n) is 6.66. The zero-order valence-electron chi connectivity index (χ0n) is 14.8. The molecule has 0 radical (unpaired) electrons. The van der Waals surface area contributed by atoms with Crippen LogP contribution in [0.1, 0.15) is 30.8 Å². The van der Waals surface area contributed by atoms with E-state index >= 15 is 0 Å². The van der Waals surface area contributed by atoms with Crippen molar-refractivity contribution in [3.63, 3.8) is 0 Å². The Bertz CT molecular complexity index is 811. The molecule has 3 heterocycles. The Balaban J connectivity index is 1.90. The third-order valence-corrected chi connectivity index (χ3v) is 5.00. The molecule has 0 amide bonds. The molecule has 126 valence electrons. The van der Waals surface area contributed by atoms with E-state index in [4.69, 9.17) is 4.98 Å². The maximum absolute atomic E-state index is 4.76. The summed E-state index contributed by atoms with van der Waals surface area (Å²) in [4.78, 5) is 16.8. The summed E-state index contributed by atoms with van der Waals surface area (Å²) in [6.45, 7) is 7.41. The number of pyridine rings is 1. The van der Waals surface area contributed by atoms with Crippen LogP contribution in [0.15, 0.2) is 29.9 Å². The maximum atomic E-state index is 4.76. The van der Waals surface area contributed by atoms with E-state index in [0.29, 0.717) is 5.92 Å². The molecular weight excluding hydrogens is 316 g/mol. The molecule has 3 rings (SSSR count). The van der Waals surface area contributed by atoms with E-state index in [2.05, 4.69) is 53.3 Å². The highest BCUT2D eigenvalue weighted by Crippen LogP contribution is 2.33. The number of aromatic nitrogens is 3. The summed E-state index contributed by atoms with van der Waals surface area (Å²) in [5, 5.41) is 3.48. The third-order valence-electron chi connectivity index (χ3n) is 4.08. The number of hydrogen-bond donors (Lipinski definition) is 0. The van der Waals surface area contributed by atoms with Gasteiger partial charge in [-0.05, 0) is 54.3 Å². The lowest BCUT2D eigenvalue weighted by atomic mass is 10.0. The van der Waals surface area contributed by atoms with Crippen LogP contribution in [0.3, 0.4) is 0 Å². The normalized spacial score (nSPS) is 11.4. The van der Waals surface area contributed by atoms with Crippen molar-refractivity contribution in [2.75, 3.05) is 18.5 Å². The fourth-order valence-corrected chi connectivity index (χ4v) is 3.90. The predicted molar refractivity (Wildman–Crippen MR) is 102 cm³/mol. The van der Waals surface area contributed by atoms with Crippen molar-refractivity contribution in [2.24, 2.45) is 5.92 Å². The molecule has 0 fully saturated rings. The first-order valence-corrected chi connectivity index (χ1v) is 9.27. The van der Waals surface area contributed by atoms with E-state index < -0.39 is 0 Å². The Kier molecular flexibility index (Phi) is 5.09. The van der Waals surface area contributed by atoms with Crippen LogP contribution in [0.5, 0.6) is 0 Å². The summed E-state index contributed by atoms with van der Waals surface area (Å²) in [7, 11) is 2.12. The van der Waals surface area contributed by atoms with E-state index in [-0.39, 0.29) is 0 Å². The number of hydrogen-bond acceptors (Lipinski definition) is 5. The molecule has 0 aliphatic heterocycles. The van der Waals surface area contributed by atoms with Gasteiger partial charge in [0.1, 0.15) is 16.5 Å². The van der Waals surface area contributed by atoms with E-state index in [1.807, 2.05) is 19.3 Å². The number of anilines is 1. The average molecular weight is 340 g/mol. The average Bonchev–Trinajstić information content (AvgIpc) is 2.94. The highest BCUT2D eigenvalue weighted by molar-refractivity contribution is 7.17. The fourth-order valence-electron chi connectivity index (χ4n) is 2.90. The van der Waals surface area contributed by atoms with Crippen molar-refractivity contribution in [1.29, 1.82) is 0 Å². The molecule has 0 saturated heterocycles. The lowest BCUT2D eigenvalue weighted by Crippen LogP contribution is -2.22. The van der Waals surface area contributed by atoms with E-state index in [0.717, 1.165) is 35.9 Å². The first-order valence-electron chi connectivity index (χ1n) is 8.39. The number of aryl methyl sites for hydroxylation is 1. The molecule has 0 spiro atoms. The molecule has 0 aliphatic rings. The van der Waals surface area contributed by atoms with Gasteiger partial charge < -0.3 is 4.90 Å². The lowest BCUT2D eigenvalue weighted by molar-refractivity contribution is 0.651. The standard InChI is InChI=1S/C19H24N4S/c1-13(2)11-16-12-24-19-17(16)18(21-14(3)22-19)23(4)10-7-15-5-8-20-9-6-15/h5-6,8-9,12-13H,7,10-11H2,1-4H3. The van der Waals surface area contributed by atoms with E-state index in [1.54, 1.807) is 11.3 Å². The van der Waals surface area contributed by atoms with Gasteiger partial charge in [0.25, 0.3) is 0 Å². The van der Waals surface area contributed by atoms with Crippen molar-refractivity contribution in [3.8, 4) is 0 Å². The van der Waals surface area contributed by atoms with Crippen molar-refractivity contribution in [1.82, 2.24) is 15.0 Å². The van der Waals surface area contributed by atoms with Crippen molar-refractivity contribution in [3.05, 3.63) is 46.9 Å². The van der Waals surface area contributed by atoms with Crippen LogP contribution in [-0.2, 0) is 12.8 Å². The van der Waals surface area contributed by atoms with Gasteiger partial charge in [-0.15, -0.1) is 11.3 Å². The Morgan fingerprint density at radius 1 is 1.17 bits per heavy atom. The third kappa shape index (κ3) is 3.73. The second kappa shape index (κ2) is 7.26. The molecule has 3 aromatic rings. The number of thiophene rings is 1. The van der Waals surface area contributed by atoms with Gasteiger partial charge in [0, 0.05) is 26.0 Å². The van der Waals surface area contributed by atoms with Crippen LogP contribution in [-0.4, -0.2) is 28.5 Å². The minimum absolute atomic E-state index is 0.624. The van der Waals surface area contributed by atoms with Crippen LogP contribution in [0.25, 0.3) is 10.2 Å². The number of nitrogens with zero attached hydrogens (tertiary/aromatic N) is 4. The van der Waals surface area contributed by atoms with Crippen LogP contribution in [0.2, 0.25) is 0 Å². The molecule has 4 nitrogen and oxygen atoms in total. The number of rotatable bonds is 6. The van der Waals surface area contributed by atoms with E-state index in [9.17, 15) is 0 Å². The topological polar surface area (TPSA) is 41.9 Å². The molecule has 0 unspecified atom stereocenters. The molecule has 0 saturated carbocycles. The van der Waals surface area contributed by atoms with Gasteiger partial charge in [0.2, 0.25) is 0 Å². The molecule has 24 heavy (non-hydrogen) atoms. The first kappa shape index (κ1) is 16.8. The Labute approximate surface area is 147 Å². The highest BCUT2D eigenvalue weighted by atomic mass is 32.1. The Hall–Kier alpha value is -2.01. The monoisotopic (exact) mass is 340 g/mol. The number of fused-ring (bicyclic) bond motifs is 1. The lowest BCUT2D eigenvalue weighted by Gasteiger charge is -2.20. The summed E-state index contributed by atoms with van der Waals surface area (Å²) >= 11 is 1.73. The van der Waals surface area contributed by atoms with Crippen LogP contribution < -0.4 is 4.90 Å². The molecule has 0 atom stereocenters. The summed E-state index contributed by atoms with van der Waals surface area (Å²) in [5.41, 5.74) is 2.67. The van der Waals surface area contributed by atoms with Crippen molar-refractivity contribution >= 4 is 27.4 Å². The Morgan fingerprint density at radius 2 is 1.92 bits per heavy atom. The summed E-state index contributed by atoms with van der Waals surface area (Å²) in [6, 6.07) is 4.15. The highest BCUT2D eigenvalue weighted by Gasteiger charge is 2.16. The summed E-state index contributed by atoms with van der Waals surface area (Å²) in [6.07, 6.45) is 5.74. The van der Waals surface area contributed by atoms with Gasteiger partial charge >= 0.3 is 0 Å². The van der Waals surface area contributed by atoms with E-state index in [1.165, 1.54) is 16.5 Å². The van der Waals surface area contributed by atoms with Crippen molar-refractivity contribution in [2.45, 2.75) is 33.6 Å². The maximum Gasteiger partial charge on any atom is 0.141 e. The smallest absolute Gasteiger partial charge is 0.141 e. The molecule has 5 heteroatoms.